The number of benzene rings is 2. The lowest BCUT2D eigenvalue weighted by Gasteiger charge is -2.40. The Labute approximate surface area is 203 Å². The number of carbonyl (C=O) groups is 2. The van der Waals surface area contributed by atoms with Gasteiger partial charge in [-0.2, -0.15) is 0 Å². The van der Waals surface area contributed by atoms with Crippen LogP contribution in [0.3, 0.4) is 0 Å². The third-order valence-corrected chi connectivity index (χ3v) is 7.66. The maximum Gasteiger partial charge on any atom is 0.261 e. The zero-order valence-corrected chi connectivity index (χ0v) is 19.5. The van der Waals surface area contributed by atoms with E-state index < -0.39 is 16.9 Å². The maximum absolute atomic E-state index is 13.8. The Balaban J connectivity index is 1.50. The molecule has 5 rings (SSSR count). The fraction of sp³-hybridized carbons (Fsp3) is 0.333. The van der Waals surface area contributed by atoms with Crippen LogP contribution in [0.2, 0.25) is 0 Å². The molecule has 3 aliphatic rings. The Kier molecular flexibility index (Phi) is 5.94. The maximum atomic E-state index is 13.8. The number of hydrogen-bond acceptors (Lipinski definition) is 5. The lowest BCUT2D eigenvalue weighted by Crippen LogP contribution is -2.56. The minimum Gasteiger partial charge on any atom is -0.372 e. The van der Waals surface area contributed by atoms with Crippen LogP contribution in [0.15, 0.2) is 71.8 Å². The van der Waals surface area contributed by atoms with E-state index in [1.807, 2.05) is 30.3 Å². The number of aliphatic hydroxyl groups is 1. The van der Waals surface area contributed by atoms with E-state index in [2.05, 4.69) is 10.6 Å². The van der Waals surface area contributed by atoms with Crippen molar-refractivity contribution < 1.29 is 14.7 Å². The van der Waals surface area contributed by atoms with Gasteiger partial charge in [-0.15, -0.1) is 0 Å². The summed E-state index contributed by atoms with van der Waals surface area (Å²) in [5.41, 5.74) is 5.81. The summed E-state index contributed by atoms with van der Waals surface area (Å²) >= 11 is 6.38. The number of nitrogens with two attached hydrogens (primary N) is 1. The molecule has 0 bridgehead atoms. The van der Waals surface area contributed by atoms with Gasteiger partial charge in [-0.05, 0) is 49.2 Å². The average Bonchev–Trinajstić information content (AvgIpc) is 3.49. The van der Waals surface area contributed by atoms with Gasteiger partial charge in [-0.1, -0.05) is 66.2 Å². The molecular weight excluding hydrogens is 450 g/mol. The van der Waals surface area contributed by atoms with Gasteiger partial charge in [0.1, 0.15) is 0 Å². The second kappa shape index (κ2) is 8.78. The molecule has 6 nitrogen and oxygen atoms in total. The molecule has 1 fully saturated rings. The fourth-order valence-corrected chi connectivity index (χ4v) is 5.90. The number of ketones is 1. The molecule has 2 aliphatic carbocycles. The van der Waals surface area contributed by atoms with Crippen molar-refractivity contribution in [2.45, 2.75) is 24.5 Å². The number of allylic oxidation sites excluding steroid dienone is 2. The zero-order chi connectivity index (χ0) is 23.9. The first kappa shape index (κ1) is 23.0. The first-order valence-electron chi connectivity index (χ1n) is 11.7. The second-order valence-electron chi connectivity index (χ2n) is 9.27. The average molecular weight is 478 g/mol. The van der Waals surface area contributed by atoms with Crippen LogP contribution < -0.4 is 16.4 Å². The molecule has 3 atom stereocenters. The number of rotatable bonds is 6. The van der Waals surface area contributed by atoms with Gasteiger partial charge < -0.3 is 21.5 Å². The number of hydrogen-bond donors (Lipinski definition) is 4. The Morgan fingerprint density at radius 1 is 1.12 bits per heavy atom. The summed E-state index contributed by atoms with van der Waals surface area (Å²) in [7, 11) is 0. The van der Waals surface area contributed by atoms with Crippen molar-refractivity contribution in [3.05, 3.63) is 82.9 Å². The summed E-state index contributed by atoms with van der Waals surface area (Å²) in [6.45, 7) is 0.978. The molecule has 1 amide bonds. The smallest absolute Gasteiger partial charge is 0.261 e. The third-order valence-electron chi connectivity index (χ3n) is 7.43. The van der Waals surface area contributed by atoms with Crippen LogP contribution in [0.5, 0.6) is 0 Å². The zero-order valence-electron chi connectivity index (χ0n) is 18.8. The van der Waals surface area contributed by atoms with E-state index in [-0.39, 0.29) is 30.8 Å². The van der Waals surface area contributed by atoms with Crippen LogP contribution in [-0.2, 0) is 15.2 Å². The van der Waals surface area contributed by atoms with Crippen LogP contribution in [0, 0.1) is 11.3 Å². The lowest BCUT2D eigenvalue weighted by atomic mass is 9.67. The van der Waals surface area contributed by atoms with Crippen LogP contribution >= 0.6 is 11.6 Å². The quantitative estimate of drug-likeness (QED) is 0.512. The summed E-state index contributed by atoms with van der Waals surface area (Å²) in [5.74, 6) is -0.947. The normalized spacial score (nSPS) is 26.5. The van der Waals surface area contributed by atoms with E-state index in [0.29, 0.717) is 16.2 Å². The van der Waals surface area contributed by atoms with Gasteiger partial charge in [-0.25, -0.2) is 0 Å². The molecule has 0 spiro atoms. The minimum absolute atomic E-state index is 0.0160. The predicted molar refractivity (Wildman–Crippen MR) is 132 cm³/mol. The van der Waals surface area contributed by atoms with Crippen molar-refractivity contribution >= 4 is 23.3 Å². The topological polar surface area (TPSA) is 104 Å². The molecule has 7 heteroatoms. The van der Waals surface area contributed by atoms with E-state index in [1.165, 1.54) is 0 Å². The van der Waals surface area contributed by atoms with Gasteiger partial charge in [0.25, 0.3) is 5.91 Å². The second-order valence-corrected chi connectivity index (χ2v) is 9.70. The SMILES string of the molecule is NCC1C=CC(Cl)=CC1(CNC(=O)C1(O)c2ccccc2-c2ccccc21)C(=O)[C@@H]1CCCN1. The monoisotopic (exact) mass is 477 g/mol. The molecule has 2 aromatic carbocycles. The molecule has 0 radical (unpaired) electrons. The molecule has 0 aromatic heterocycles. The van der Waals surface area contributed by atoms with Crippen molar-refractivity contribution in [3.8, 4) is 11.1 Å². The summed E-state index contributed by atoms with van der Waals surface area (Å²) in [6.07, 6.45) is 6.94. The summed E-state index contributed by atoms with van der Waals surface area (Å²) in [6, 6.07) is 14.4. The standard InChI is InChI=1S/C27H28ClN3O3/c28-18-12-11-17(15-29)26(14-18,24(32)23-10-5-13-30-23)16-31-25(33)27(34)21-8-3-1-6-19(21)20-7-2-4-9-22(20)27/h1-4,6-9,11-12,14,17,23,30,34H,5,10,13,15-16,29H2,(H,31,33)/t17?,23-,26?/m0/s1. The van der Waals surface area contributed by atoms with Gasteiger partial charge in [0.15, 0.2) is 11.4 Å². The van der Waals surface area contributed by atoms with Crippen LogP contribution in [-0.4, -0.2) is 42.5 Å². The Bertz CT molecular complexity index is 1160. The van der Waals surface area contributed by atoms with Gasteiger partial charge in [-0.3, -0.25) is 9.59 Å². The molecule has 176 valence electrons. The molecule has 34 heavy (non-hydrogen) atoms. The largest absolute Gasteiger partial charge is 0.372 e. The molecule has 1 aliphatic heterocycles. The molecule has 2 unspecified atom stereocenters. The molecule has 5 N–H and O–H groups in total. The fourth-order valence-electron chi connectivity index (χ4n) is 5.64. The number of amides is 1. The highest BCUT2D eigenvalue weighted by Gasteiger charge is 2.51. The highest BCUT2D eigenvalue weighted by atomic mass is 35.5. The van der Waals surface area contributed by atoms with Crippen LogP contribution in [0.25, 0.3) is 11.1 Å². The van der Waals surface area contributed by atoms with Crippen LogP contribution in [0.4, 0.5) is 0 Å². The van der Waals surface area contributed by atoms with Crippen molar-refractivity contribution in [1.29, 1.82) is 0 Å². The number of nitrogens with one attached hydrogen (secondary N) is 2. The van der Waals surface area contributed by atoms with E-state index >= 15 is 0 Å². The summed E-state index contributed by atoms with van der Waals surface area (Å²) in [4.78, 5) is 27.5. The van der Waals surface area contributed by atoms with Crippen molar-refractivity contribution in [1.82, 2.24) is 10.6 Å². The highest BCUT2D eigenvalue weighted by Crippen LogP contribution is 2.47. The molecule has 1 heterocycles. The molecule has 2 aromatic rings. The van der Waals surface area contributed by atoms with E-state index in [4.69, 9.17) is 17.3 Å². The first-order valence-corrected chi connectivity index (χ1v) is 12.0. The number of fused-ring (bicyclic) bond motifs is 3. The number of Topliss-reactive ketones (excluding diaryl/α,β-unsaturated/α-hetero) is 1. The first-order chi connectivity index (χ1) is 16.4. The van der Waals surface area contributed by atoms with Gasteiger partial charge >= 0.3 is 0 Å². The van der Waals surface area contributed by atoms with Crippen LogP contribution in [0.1, 0.15) is 24.0 Å². The van der Waals surface area contributed by atoms with Gasteiger partial charge in [0.2, 0.25) is 0 Å². The number of halogens is 1. The van der Waals surface area contributed by atoms with Gasteiger partial charge in [0, 0.05) is 28.6 Å². The van der Waals surface area contributed by atoms with Gasteiger partial charge in [0.05, 0.1) is 11.5 Å². The summed E-state index contributed by atoms with van der Waals surface area (Å²) < 4.78 is 0. The third kappa shape index (κ3) is 3.45. The minimum atomic E-state index is -1.86. The van der Waals surface area contributed by atoms with Crippen molar-refractivity contribution in [2.75, 3.05) is 19.6 Å². The predicted octanol–water partition coefficient (Wildman–Crippen LogP) is 2.59. The number of carbonyl (C=O) groups excluding carboxylic acids is 2. The van der Waals surface area contributed by atoms with E-state index in [0.717, 1.165) is 30.5 Å². The van der Waals surface area contributed by atoms with E-state index in [1.54, 1.807) is 36.4 Å². The Hall–Kier alpha value is -2.77. The Morgan fingerprint density at radius 2 is 1.76 bits per heavy atom. The lowest BCUT2D eigenvalue weighted by molar-refractivity contribution is -0.138. The Morgan fingerprint density at radius 3 is 2.35 bits per heavy atom. The highest BCUT2D eigenvalue weighted by molar-refractivity contribution is 6.31. The van der Waals surface area contributed by atoms with Crippen molar-refractivity contribution in [2.24, 2.45) is 17.1 Å². The van der Waals surface area contributed by atoms with E-state index in [9.17, 15) is 14.7 Å². The van der Waals surface area contributed by atoms with Crippen molar-refractivity contribution in [3.63, 3.8) is 0 Å². The molecule has 1 saturated heterocycles. The molecular formula is C27H28ClN3O3. The molecule has 0 saturated carbocycles. The summed E-state index contributed by atoms with van der Waals surface area (Å²) in [5, 5.41) is 18.4.